The first-order chi connectivity index (χ1) is 17.5. The maximum absolute atomic E-state index is 12.6. The van der Waals surface area contributed by atoms with Crippen LogP contribution in [0.4, 0.5) is 0 Å². The molecule has 0 atom stereocenters. The smallest absolute Gasteiger partial charge is 0.266 e. The van der Waals surface area contributed by atoms with Crippen molar-refractivity contribution < 1.29 is 19.0 Å². The van der Waals surface area contributed by atoms with Crippen LogP contribution in [0.5, 0.6) is 17.2 Å². The fourth-order valence-electron chi connectivity index (χ4n) is 4.48. The number of rotatable bonds is 10. The van der Waals surface area contributed by atoms with Crippen molar-refractivity contribution >= 4 is 51.9 Å². The number of thioether (sulfide) groups is 1. The van der Waals surface area contributed by atoms with E-state index in [-0.39, 0.29) is 5.91 Å². The predicted molar refractivity (Wildman–Crippen MR) is 151 cm³/mol. The van der Waals surface area contributed by atoms with Gasteiger partial charge < -0.3 is 14.2 Å². The Morgan fingerprint density at radius 3 is 2.56 bits per heavy atom. The molecule has 1 aliphatic heterocycles. The van der Waals surface area contributed by atoms with E-state index in [4.69, 9.17) is 38.0 Å². The molecule has 2 fully saturated rings. The summed E-state index contributed by atoms with van der Waals surface area (Å²) >= 11 is 13.1. The lowest BCUT2D eigenvalue weighted by molar-refractivity contribution is -0.121. The second-order valence-electron chi connectivity index (χ2n) is 8.72. The molecule has 2 aromatic rings. The van der Waals surface area contributed by atoms with E-state index in [1.165, 1.54) is 54.3 Å². The number of carbonyl (C=O) groups is 1. The van der Waals surface area contributed by atoms with Gasteiger partial charge in [0.2, 0.25) is 0 Å². The summed E-state index contributed by atoms with van der Waals surface area (Å²) in [5.41, 5.74) is 2.12. The maximum atomic E-state index is 12.6. The first-order valence-electron chi connectivity index (χ1n) is 12.1. The number of thiocarbonyl (C=S) groups is 1. The molecule has 4 rings (SSSR count). The number of ether oxygens (including phenoxy) is 3. The van der Waals surface area contributed by atoms with Gasteiger partial charge >= 0.3 is 0 Å². The minimum Gasteiger partial charge on any atom is -0.493 e. The van der Waals surface area contributed by atoms with Crippen LogP contribution in [0.25, 0.3) is 6.08 Å². The highest BCUT2D eigenvalue weighted by molar-refractivity contribution is 8.26. The molecule has 190 valence electrons. The van der Waals surface area contributed by atoms with Gasteiger partial charge in [-0.2, -0.15) is 0 Å². The quantitative estimate of drug-likeness (QED) is 0.136. The SMILES string of the molecule is C=CCN1C(=O)/C(=C/c2cc(Cl)c(OCCOc3ccc(C4CCCCC4)cc3)c(OC)c2)SC1=S. The normalized spacial score (nSPS) is 17.5. The monoisotopic (exact) mass is 543 g/mol. The summed E-state index contributed by atoms with van der Waals surface area (Å²) in [5, 5.41) is 0.388. The van der Waals surface area contributed by atoms with E-state index in [0.29, 0.717) is 51.4 Å². The summed E-state index contributed by atoms with van der Waals surface area (Å²) < 4.78 is 17.8. The van der Waals surface area contributed by atoms with Crippen LogP contribution in [-0.4, -0.2) is 42.0 Å². The van der Waals surface area contributed by atoms with Gasteiger partial charge in [0, 0.05) is 6.54 Å². The van der Waals surface area contributed by atoms with Gasteiger partial charge in [-0.1, -0.05) is 73.1 Å². The Bertz CT molecular complexity index is 1140. The number of nitrogens with zero attached hydrogens (tertiary/aromatic N) is 1. The molecule has 0 N–H and O–H groups in total. The zero-order valence-corrected chi connectivity index (χ0v) is 22.7. The van der Waals surface area contributed by atoms with Crippen molar-refractivity contribution in [2.75, 3.05) is 26.9 Å². The van der Waals surface area contributed by atoms with E-state index >= 15 is 0 Å². The molecular weight excluding hydrogens is 514 g/mol. The lowest BCUT2D eigenvalue weighted by atomic mass is 9.84. The Balaban J connectivity index is 1.34. The van der Waals surface area contributed by atoms with E-state index in [1.807, 2.05) is 12.1 Å². The molecule has 1 heterocycles. The van der Waals surface area contributed by atoms with Crippen molar-refractivity contribution in [3.8, 4) is 17.2 Å². The second-order valence-corrected chi connectivity index (χ2v) is 10.8. The fraction of sp³-hybridized carbons (Fsp3) is 0.357. The molecule has 1 amide bonds. The average Bonchev–Trinajstić information content (AvgIpc) is 3.15. The molecule has 0 bridgehead atoms. The van der Waals surface area contributed by atoms with Crippen molar-refractivity contribution in [3.63, 3.8) is 0 Å². The molecule has 0 aromatic heterocycles. The second kappa shape index (κ2) is 12.7. The Hall–Kier alpha value is -2.48. The van der Waals surface area contributed by atoms with Gasteiger partial charge in [0.25, 0.3) is 5.91 Å². The maximum Gasteiger partial charge on any atom is 0.266 e. The van der Waals surface area contributed by atoms with E-state index in [0.717, 1.165) is 11.3 Å². The number of halogens is 1. The minimum absolute atomic E-state index is 0.149. The van der Waals surface area contributed by atoms with Crippen LogP contribution in [0, 0.1) is 0 Å². The molecule has 0 radical (unpaired) electrons. The average molecular weight is 544 g/mol. The largest absolute Gasteiger partial charge is 0.493 e. The van der Waals surface area contributed by atoms with Crippen molar-refractivity contribution in [3.05, 3.63) is 70.1 Å². The van der Waals surface area contributed by atoms with Crippen LogP contribution >= 0.6 is 35.6 Å². The summed E-state index contributed by atoms with van der Waals surface area (Å²) in [7, 11) is 1.55. The van der Waals surface area contributed by atoms with Gasteiger partial charge in [-0.3, -0.25) is 9.69 Å². The summed E-state index contributed by atoms with van der Waals surface area (Å²) in [6.07, 6.45) is 9.96. The van der Waals surface area contributed by atoms with E-state index in [1.54, 1.807) is 31.4 Å². The first kappa shape index (κ1) is 26.6. The van der Waals surface area contributed by atoms with E-state index in [2.05, 4.69) is 18.7 Å². The van der Waals surface area contributed by atoms with Crippen molar-refractivity contribution in [2.45, 2.75) is 38.0 Å². The van der Waals surface area contributed by atoms with Crippen LogP contribution in [-0.2, 0) is 4.79 Å². The molecule has 2 aliphatic rings. The molecule has 0 spiro atoms. The van der Waals surface area contributed by atoms with Gasteiger partial charge in [0.05, 0.1) is 17.0 Å². The molecule has 8 heteroatoms. The van der Waals surface area contributed by atoms with E-state index < -0.39 is 0 Å². The molecular formula is C28H30ClNO4S2. The summed E-state index contributed by atoms with van der Waals surface area (Å²) in [6.45, 7) is 4.73. The van der Waals surface area contributed by atoms with Crippen LogP contribution in [0.3, 0.4) is 0 Å². The summed E-state index contributed by atoms with van der Waals surface area (Å²) in [5.74, 6) is 2.26. The molecule has 2 aromatic carbocycles. The lowest BCUT2D eigenvalue weighted by Crippen LogP contribution is -2.27. The standard InChI is InChI=1S/C28H30ClNO4S2/c1-3-13-30-27(31)25(36-28(30)35)18-19-16-23(29)26(24(17-19)32-2)34-15-14-33-22-11-9-21(10-12-22)20-7-5-4-6-8-20/h3,9-12,16-18,20H,1,4-8,13-15H2,2H3/b25-18-. The van der Waals surface area contributed by atoms with Gasteiger partial charge in [0.15, 0.2) is 11.5 Å². The van der Waals surface area contributed by atoms with Gasteiger partial charge in [0.1, 0.15) is 23.3 Å². The van der Waals surface area contributed by atoms with Crippen LogP contribution in [0.1, 0.15) is 49.1 Å². The third-order valence-corrected chi connectivity index (χ3v) is 7.95. The van der Waals surface area contributed by atoms with Crippen molar-refractivity contribution in [2.24, 2.45) is 0 Å². The Morgan fingerprint density at radius 1 is 1.14 bits per heavy atom. The van der Waals surface area contributed by atoms with Crippen LogP contribution in [0.2, 0.25) is 5.02 Å². The van der Waals surface area contributed by atoms with Crippen LogP contribution in [0.15, 0.2) is 54.0 Å². The lowest BCUT2D eigenvalue weighted by Gasteiger charge is -2.22. The Labute approximate surface area is 227 Å². The van der Waals surface area contributed by atoms with Crippen molar-refractivity contribution in [1.82, 2.24) is 4.90 Å². The summed E-state index contributed by atoms with van der Waals surface area (Å²) in [6, 6.07) is 11.9. The van der Waals surface area contributed by atoms with Crippen LogP contribution < -0.4 is 14.2 Å². The highest BCUT2D eigenvalue weighted by atomic mass is 35.5. The predicted octanol–water partition coefficient (Wildman–Crippen LogP) is 7.24. The molecule has 1 saturated heterocycles. The number of hydrogen-bond donors (Lipinski definition) is 0. The first-order valence-corrected chi connectivity index (χ1v) is 13.7. The van der Waals surface area contributed by atoms with Gasteiger partial charge in [-0.25, -0.2) is 0 Å². The Kier molecular flexibility index (Phi) is 9.35. The molecule has 0 unspecified atom stereocenters. The third kappa shape index (κ3) is 6.44. The zero-order valence-electron chi connectivity index (χ0n) is 20.3. The number of benzene rings is 2. The molecule has 5 nitrogen and oxygen atoms in total. The molecule has 36 heavy (non-hydrogen) atoms. The highest BCUT2D eigenvalue weighted by Crippen LogP contribution is 2.39. The molecule has 1 saturated carbocycles. The summed E-state index contributed by atoms with van der Waals surface area (Å²) in [4.78, 5) is 14.6. The zero-order chi connectivity index (χ0) is 25.5. The van der Waals surface area contributed by atoms with Gasteiger partial charge in [-0.05, 0) is 60.2 Å². The van der Waals surface area contributed by atoms with E-state index in [9.17, 15) is 4.79 Å². The fourth-order valence-corrected chi connectivity index (χ4v) is 6.03. The topological polar surface area (TPSA) is 48.0 Å². The highest BCUT2D eigenvalue weighted by Gasteiger charge is 2.31. The molecule has 1 aliphatic carbocycles. The number of methoxy groups -OCH3 is 1. The third-order valence-electron chi connectivity index (χ3n) is 6.29. The number of amides is 1. The number of carbonyl (C=O) groups excluding carboxylic acids is 1. The Morgan fingerprint density at radius 2 is 1.86 bits per heavy atom. The number of hydrogen-bond acceptors (Lipinski definition) is 6. The van der Waals surface area contributed by atoms with Gasteiger partial charge in [-0.15, -0.1) is 6.58 Å². The minimum atomic E-state index is -0.149. The van der Waals surface area contributed by atoms with Crippen molar-refractivity contribution in [1.29, 1.82) is 0 Å².